The van der Waals surface area contributed by atoms with E-state index in [4.69, 9.17) is 21.1 Å². The fourth-order valence-electron chi connectivity index (χ4n) is 5.73. The quantitative estimate of drug-likeness (QED) is 0.291. The third-order valence-corrected chi connectivity index (χ3v) is 10.1. The minimum atomic E-state index is -2.42. The highest BCUT2D eigenvalue weighted by atomic mass is 35.5. The van der Waals surface area contributed by atoms with E-state index in [0.29, 0.717) is 35.2 Å². The Hall–Kier alpha value is -2.88. The van der Waals surface area contributed by atoms with Gasteiger partial charge in [0.05, 0.1) is 25.6 Å². The van der Waals surface area contributed by atoms with Gasteiger partial charge >= 0.3 is 0 Å². The smallest absolute Gasteiger partial charge is 0.229 e. The Kier molecular flexibility index (Phi) is 10.1. The molecule has 2 saturated heterocycles. The molecule has 43 heavy (non-hydrogen) atoms. The minimum Gasteiger partial charge on any atom is -0.494 e. The molecular weight excluding hydrogens is 585 g/mol. The van der Waals surface area contributed by atoms with Crippen LogP contribution < -0.4 is 25.6 Å². The lowest BCUT2D eigenvalue weighted by molar-refractivity contribution is 0.0982. The predicted molar refractivity (Wildman–Crippen MR) is 177 cm³/mol. The number of rotatable bonds is 10. The van der Waals surface area contributed by atoms with Gasteiger partial charge in [-0.15, -0.1) is 0 Å². The Morgan fingerprint density at radius 1 is 0.977 bits per heavy atom. The standard InChI is InChI=1S/C31H43ClN7O3P/c1-37-14-16-39(17-15-37)23-10-12-38(13-11-23)24-6-8-28(29(19-24)42-3)35-31-33-20-26(32)30(36-31)34-27-9-7-25(43(4,5)40)18-22(27)21-41-2/h6-9,18-20,23H,10-17,21H2,1-5H3,(H2,33,34,35,36). The van der Waals surface area contributed by atoms with Crippen molar-refractivity contribution in [2.75, 3.05) is 89.4 Å². The lowest BCUT2D eigenvalue weighted by Crippen LogP contribution is -2.52. The van der Waals surface area contributed by atoms with E-state index in [1.165, 1.54) is 25.9 Å². The van der Waals surface area contributed by atoms with E-state index < -0.39 is 7.14 Å². The van der Waals surface area contributed by atoms with Crippen LogP contribution in [0.2, 0.25) is 5.02 Å². The van der Waals surface area contributed by atoms with E-state index >= 15 is 0 Å². The van der Waals surface area contributed by atoms with Crippen LogP contribution in [0.4, 0.5) is 28.8 Å². The molecule has 12 heteroatoms. The Morgan fingerprint density at radius 3 is 2.37 bits per heavy atom. The minimum absolute atomic E-state index is 0.348. The number of likely N-dealkylation sites (N-methyl/N-ethyl adjacent to an activating group) is 1. The maximum atomic E-state index is 12.6. The van der Waals surface area contributed by atoms with Crippen molar-refractivity contribution in [2.24, 2.45) is 0 Å². The van der Waals surface area contributed by atoms with Crippen LogP contribution >= 0.6 is 18.7 Å². The number of ether oxygens (including phenoxy) is 2. The lowest BCUT2D eigenvalue weighted by Gasteiger charge is -2.42. The van der Waals surface area contributed by atoms with E-state index in [1.54, 1.807) is 33.7 Å². The average molecular weight is 628 g/mol. The number of piperidine rings is 1. The second kappa shape index (κ2) is 13.8. The highest BCUT2D eigenvalue weighted by molar-refractivity contribution is 7.70. The number of anilines is 5. The molecule has 0 atom stereocenters. The van der Waals surface area contributed by atoms with Gasteiger partial charge in [-0.25, -0.2) is 4.98 Å². The normalized spacial score (nSPS) is 17.2. The fraction of sp³-hybridized carbons (Fsp3) is 0.484. The second-order valence-electron chi connectivity index (χ2n) is 11.7. The largest absolute Gasteiger partial charge is 0.494 e. The summed E-state index contributed by atoms with van der Waals surface area (Å²) in [5.74, 6) is 1.54. The summed E-state index contributed by atoms with van der Waals surface area (Å²) in [4.78, 5) is 16.6. The van der Waals surface area contributed by atoms with Crippen molar-refractivity contribution >= 4 is 52.9 Å². The number of methoxy groups -OCH3 is 2. The van der Waals surface area contributed by atoms with E-state index in [-0.39, 0.29) is 0 Å². The summed E-state index contributed by atoms with van der Waals surface area (Å²) in [5.41, 5.74) is 3.54. The van der Waals surface area contributed by atoms with Gasteiger partial charge in [0, 0.05) is 80.7 Å². The number of nitrogens with one attached hydrogen (secondary N) is 2. The van der Waals surface area contributed by atoms with Gasteiger partial charge in [-0.1, -0.05) is 11.6 Å². The van der Waals surface area contributed by atoms with Gasteiger partial charge < -0.3 is 34.5 Å². The molecule has 3 heterocycles. The average Bonchev–Trinajstić information content (AvgIpc) is 3.00. The van der Waals surface area contributed by atoms with E-state index in [2.05, 4.69) is 54.5 Å². The van der Waals surface area contributed by atoms with E-state index in [1.807, 2.05) is 24.3 Å². The first-order chi connectivity index (χ1) is 20.6. The van der Waals surface area contributed by atoms with Crippen LogP contribution in [-0.4, -0.2) is 99.7 Å². The summed E-state index contributed by atoms with van der Waals surface area (Å²) >= 11 is 6.49. The second-order valence-corrected chi connectivity index (χ2v) is 15.3. The van der Waals surface area contributed by atoms with E-state index in [0.717, 1.165) is 54.1 Å². The topological polar surface area (TPSA) is 95.1 Å². The highest BCUT2D eigenvalue weighted by Gasteiger charge is 2.27. The Balaban J connectivity index is 1.27. The zero-order chi connectivity index (χ0) is 30.6. The molecule has 3 aromatic rings. The van der Waals surface area contributed by atoms with Crippen molar-refractivity contribution in [3.63, 3.8) is 0 Å². The molecule has 2 fully saturated rings. The molecule has 0 bridgehead atoms. The van der Waals surface area contributed by atoms with Crippen molar-refractivity contribution < 1.29 is 14.0 Å². The summed E-state index contributed by atoms with van der Waals surface area (Å²) < 4.78 is 23.8. The van der Waals surface area contributed by atoms with Crippen LogP contribution in [0.25, 0.3) is 0 Å². The number of benzene rings is 2. The van der Waals surface area contributed by atoms with Crippen molar-refractivity contribution in [3.05, 3.63) is 53.2 Å². The third-order valence-electron chi connectivity index (χ3n) is 8.32. The Morgan fingerprint density at radius 2 is 1.70 bits per heavy atom. The van der Waals surface area contributed by atoms with Crippen molar-refractivity contribution in [2.45, 2.75) is 25.5 Å². The van der Waals surface area contributed by atoms with Gasteiger partial charge in [0.2, 0.25) is 5.95 Å². The number of piperazine rings is 1. The van der Waals surface area contributed by atoms with Gasteiger partial charge in [-0.3, -0.25) is 4.90 Å². The molecular formula is C31H43ClN7O3P. The molecule has 0 unspecified atom stereocenters. The molecule has 0 radical (unpaired) electrons. The van der Waals surface area contributed by atoms with E-state index in [9.17, 15) is 4.57 Å². The third kappa shape index (κ3) is 7.80. The zero-order valence-electron chi connectivity index (χ0n) is 25.8. The molecule has 0 aliphatic carbocycles. The molecule has 5 rings (SSSR count). The molecule has 0 saturated carbocycles. The van der Waals surface area contributed by atoms with Crippen LogP contribution in [-0.2, 0) is 15.9 Å². The monoisotopic (exact) mass is 627 g/mol. The number of nitrogens with zero attached hydrogens (tertiary/aromatic N) is 5. The molecule has 2 aliphatic heterocycles. The van der Waals surface area contributed by atoms with Crippen LogP contribution in [0, 0.1) is 0 Å². The van der Waals surface area contributed by atoms with Crippen LogP contribution in [0.15, 0.2) is 42.6 Å². The molecule has 2 aliphatic rings. The van der Waals surface area contributed by atoms with Crippen LogP contribution in [0.3, 0.4) is 0 Å². The first-order valence-electron chi connectivity index (χ1n) is 14.7. The first-order valence-corrected chi connectivity index (χ1v) is 17.7. The number of hydrogen-bond donors (Lipinski definition) is 2. The summed E-state index contributed by atoms with van der Waals surface area (Å²) in [6.45, 7) is 10.6. The molecule has 2 N–H and O–H groups in total. The molecule has 1 aromatic heterocycles. The van der Waals surface area contributed by atoms with Gasteiger partial charge in [0.1, 0.15) is 17.9 Å². The molecule has 232 valence electrons. The summed E-state index contributed by atoms with van der Waals surface area (Å²) in [5, 5.41) is 7.76. The SMILES string of the molecule is COCc1cc(P(C)(C)=O)ccc1Nc1nc(Nc2ccc(N3CCC(N4CCN(C)CC4)CC3)cc2OC)ncc1Cl. The fourth-order valence-corrected chi connectivity index (χ4v) is 6.77. The Bertz CT molecular complexity index is 1450. The molecule has 10 nitrogen and oxygen atoms in total. The van der Waals surface area contributed by atoms with Crippen molar-refractivity contribution in [1.82, 2.24) is 19.8 Å². The van der Waals surface area contributed by atoms with Crippen LogP contribution in [0.1, 0.15) is 18.4 Å². The first kappa shape index (κ1) is 31.5. The highest BCUT2D eigenvalue weighted by Crippen LogP contribution is 2.37. The summed E-state index contributed by atoms with van der Waals surface area (Å²) in [6, 6.07) is 12.5. The number of aromatic nitrogens is 2. The number of halogens is 1. The van der Waals surface area contributed by atoms with Gasteiger partial charge in [0.15, 0.2) is 5.82 Å². The Labute approximate surface area is 260 Å². The van der Waals surface area contributed by atoms with Crippen molar-refractivity contribution in [1.29, 1.82) is 0 Å². The van der Waals surface area contributed by atoms with Gasteiger partial charge in [-0.05, 0) is 63.6 Å². The number of hydrogen-bond acceptors (Lipinski definition) is 10. The maximum absolute atomic E-state index is 12.6. The lowest BCUT2D eigenvalue weighted by atomic mass is 10.0. The summed E-state index contributed by atoms with van der Waals surface area (Å²) in [7, 11) is 3.09. The van der Waals surface area contributed by atoms with Gasteiger partial charge in [-0.2, -0.15) is 4.98 Å². The maximum Gasteiger partial charge on any atom is 0.229 e. The van der Waals surface area contributed by atoms with Gasteiger partial charge in [0.25, 0.3) is 0 Å². The summed E-state index contributed by atoms with van der Waals surface area (Å²) in [6.07, 6.45) is 3.90. The molecule has 0 amide bonds. The van der Waals surface area contributed by atoms with Crippen LogP contribution in [0.5, 0.6) is 5.75 Å². The molecule has 2 aromatic carbocycles. The zero-order valence-corrected chi connectivity index (χ0v) is 27.4. The van der Waals surface area contributed by atoms with Crippen molar-refractivity contribution in [3.8, 4) is 5.75 Å². The predicted octanol–water partition coefficient (Wildman–Crippen LogP) is 5.24. The molecule has 0 spiro atoms.